The number of fused-ring (bicyclic) bond motifs is 2. The Kier molecular flexibility index (Phi) is 3.87. The summed E-state index contributed by atoms with van der Waals surface area (Å²) < 4.78 is 13.8. The van der Waals surface area contributed by atoms with Crippen LogP contribution in [-0.4, -0.2) is 31.4 Å². The zero-order valence-corrected chi connectivity index (χ0v) is 12.7. The van der Waals surface area contributed by atoms with E-state index in [0.29, 0.717) is 17.2 Å². The molecule has 3 atom stereocenters. The number of benzene rings is 1. The first-order valence-corrected chi connectivity index (χ1v) is 7.82. The number of carbonyl (C=O) groups is 1. The Labute approximate surface area is 125 Å². The second-order valence-electron chi connectivity index (χ2n) is 6.53. The molecule has 3 nitrogen and oxygen atoms in total. The van der Waals surface area contributed by atoms with Gasteiger partial charge in [-0.2, -0.15) is 0 Å². The lowest BCUT2D eigenvalue weighted by Gasteiger charge is -2.27. The third-order valence-electron chi connectivity index (χ3n) is 5.23. The first-order valence-electron chi connectivity index (χ1n) is 7.82. The molecule has 114 valence electrons. The predicted molar refractivity (Wildman–Crippen MR) is 81.8 cm³/mol. The molecular weight excluding hydrogens is 267 g/mol. The van der Waals surface area contributed by atoms with Crippen LogP contribution >= 0.6 is 0 Å². The Balaban J connectivity index is 1.71. The van der Waals surface area contributed by atoms with Gasteiger partial charge >= 0.3 is 0 Å². The van der Waals surface area contributed by atoms with Crippen LogP contribution in [0, 0.1) is 23.6 Å². The molecule has 2 aliphatic rings. The first-order chi connectivity index (χ1) is 10.1. The molecule has 1 aromatic carbocycles. The SMILES string of the molecule is CNc1c(F)cccc1C(=O)N(C)CC1CC2CCC1C2. The molecule has 3 rings (SSSR count). The number of nitrogens with zero attached hydrogens (tertiary/aromatic N) is 1. The Morgan fingerprint density at radius 2 is 2.19 bits per heavy atom. The monoisotopic (exact) mass is 290 g/mol. The average molecular weight is 290 g/mol. The highest BCUT2D eigenvalue weighted by Crippen LogP contribution is 2.48. The van der Waals surface area contributed by atoms with Crippen LogP contribution in [0.15, 0.2) is 18.2 Å². The number of nitrogens with one attached hydrogen (secondary N) is 1. The molecule has 3 unspecified atom stereocenters. The third kappa shape index (κ3) is 2.63. The summed E-state index contributed by atoms with van der Waals surface area (Å²) in [7, 11) is 3.48. The van der Waals surface area contributed by atoms with Crippen LogP contribution < -0.4 is 5.32 Å². The van der Waals surface area contributed by atoms with Gasteiger partial charge in [-0.3, -0.25) is 4.79 Å². The van der Waals surface area contributed by atoms with Gasteiger partial charge in [-0.1, -0.05) is 12.5 Å². The van der Waals surface area contributed by atoms with E-state index in [0.717, 1.165) is 18.4 Å². The summed E-state index contributed by atoms with van der Waals surface area (Å²) in [5, 5.41) is 2.80. The van der Waals surface area contributed by atoms with Gasteiger partial charge in [-0.25, -0.2) is 4.39 Å². The number of para-hydroxylation sites is 1. The topological polar surface area (TPSA) is 32.3 Å². The van der Waals surface area contributed by atoms with Crippen LogP contribution in [0.1, 0.15) is 36.0 Å². The van der Waals surface area contributed by atoms with Crippen LogP contribution in [-0.2, 0) is 0 Å². The lowest BCUT2D eigenvalue weighted by Crippen LogP contribution is -2.34. The molecule has 2 saturated carbocycles. The fraction of sp³-hybridized carbons (Fsp3) is 0.588. The lowest BCUT2D eigenvalue weighted by atomic mass is 9.88. The summed E-state index contributed by atoms with van der Waals surface area (Å²) in [5.41, 5.74) is 0.713. The van der Waals surface area contributed by atoms with Crippen molar-refractivity contribution in [2.45, 2.75) is 25.7 Å². The van der Waals surface area contributed by atoms with Crippen molar-refractivity contribution < 1.29 is 9.18 Å². The highest BCUT2D eigenvalue weighted by atomic mass is 19.1. The van der Waals surface area contributed by atoms with Crippen molar-refractivity contribution in [1.82, 2.24) is 4.90 Å². The van der Waals surface area contributed by atoms with Crippen molar-refractivity contribution in [2.24, 2.45) is 17.8 Å². The molecule has 0 aliphatic heterocycles. The first kappa shape index (κ1) is 14.4. The van der Waals surface area contributed by atoms with E-state index in [1.54, 1.807) is 24.1 Å². The fourth-order valence-corrected chi connectivity index (χ4v) is 4.20. The number of hydrogen-bond acceptors (Lipinski definition) is 2. The van der Waals surface area contributed by atoms with Gasteiger partial charge in [-0.05, 0) is 49.1 Å². The van der Waals surface area contributed by atoms with E-state index in [2.05, 4.69) is 5.32 Å². The van der Waals surface area contributed by atoms with Crippen LogP contribution in [0.5, 0.6) is 0 Å². The van der Waals surface area contributed by atoms with E-state index in [1.807, 2.05) is 7.05 Å². The van der Waals surface area contributed by atoms with Crippen molar-refractivity contribution in [3.05, 3.63) is 29.6 Å². The number of amides is 1. The zero-order valence-electron chi connectivity index (χ0n) is 12.7. The van der Waals surface area contributed by atoms with Gasteiger partial charge in [0.05, 0.1) is 11.3 Å². The van der Waals surface area contributed by atoms with Gasteiger partial charge in [0.2, 0.25) is 0 Å². The molecule has 2 aliphatic carbocycles. The van der Waals surface area contributed by atoms with Gasteiger partial charge in [0.25, 0.3) is 5.91 Å². The van der Waals surface area contributed by atoms with Crippen molar-refractivity contribution in [1.29, 1.82) is 0 Å². The largest absolute Gasteiger partial charge is 0.385 e. The minimum atomic E-state index is -0.378. The number of carbonyl (C=O) groups excluding carboxylic acids is 1. The summed E-state index contributed by atoms with van der Waals surface area (Å²) in [4.78, 5) is 14.4. The minimum Gasteiger partial charge on any atom is -0.385 e. The summed E-state index contributed by atoms with van der Waals surface area (Å²) in [6.45, 7) is 0.791. The van der Waals surface area contributed by atoms with E-state index < -0.39 is 0 Å². The smallest absolute Gasteiger partial charge is 0.255 e. The molecule has 0 heterocycles. The van der Waals surface area contributed by atoms with Gasteiger partial charge in [-0.15, -0.1) is 0 Å². The molecule has 1 N–H and O–H groups in total. The number of rotatable bonds is 4. The number of halogens is 1. The molecule has 0 aromatic heterocycles. The standard InChI is InChI=1S/C17H23FN2O/c1-19-16-14(4-3-5-15(16)18)17(21)20(2)10-13-9-11-6-7-12(13)8-11/h3-5,11-13,19H,6-10H2,1-2H3. The minimum absolute atomic E-state index is 0.0957. The van der Waals surface area contributed by atoms with Gasteiger partial charge in [0, 0.05) is 20.6 Å². The molecular formula is C17H23FN2O. The highest BCUT2D eigenvalue weighted by Gasteiger charge is 2.40. The second-order valence-corrected chi connectivity index (χ2v) is 6.53. The molecule has 1 amide bonds. The van der Waals surface area contributed by atoms with Crippen LogP contribution in [0.2, 0.25) is 0 Å². The molecule has 0 saturated heterocycles. The molecule has 1 aromatic rings. The van der Waals surface area contributed by atoms with E-state index in [-0.39, 0.29) is 11.7 Å². The highest BCUT2D eigenvalue weighted by molar-refractivity contribution is 5.99. The van der Waals surface area contributed by atoms with Crippen molar-refractivity contribution in [3.63, 3.8) is 0 Å². The molecule has 21 heavy (non-hydrogen) atoms. The fourth-order valence-electron chi connectivity index (χ4n) is 4.20. The van der Waals surface area contributed by atoms with Gasteiger partial charge in [0.15, 0.2) is 0 Å². The Bertz CT molecular complexity index is 546. The van der Waals surface area contributed by atoms with Crippen molar-refractivity contribution >= 4 is 11.6 Å². The molecule has 0 radical (unpaired) electrons. The third-order valence-corrected chi connectivity index (χ3v) is 5.23. The second kappa shape index (κ2) is 5.66. The maximum Gasteiger partial charge on any atom is 0.255 e. The van der Waals surface area contributed by atoms with Crippen molar-refractivity contribution in [3.8, 4) is 0 Å². The number of hydrogen-bond donors (Lipinski definition) is 1. The summed E-state index contributed by atoms with van der Waals surface area (Å²) >= 11 is 0. The maximum absolute atomic E-state index is 13.8. The predicted octanol–water partition coefficient (Wildman–Crippen LogP) is 3.38. The normalized spacial score (nSPS) is 26.9. The lowest BCUT2D eigenvalue weighted by molar-refractivity contribution is 0.0755. The zero-order chi connectivity index (χ0) is 15.0. The quantitative estimate of drug-likeness (QED) is 0.922. The van der Waals surface area contributed by atoms with Crippen LogP contribution in [0.4, 0.5) is 10.1 Å². The van der Waals surface area contributed by atoms with E-state index in [1.165, 1.54) is 31.7 Å². The number of anilines is 1. The van der Waals surface area contributed by atoms with Crippen LogP contribution in [0.25, 0.3) is 0 Å². The van der Waals surface area contributed by atoms with E-state index in [9.17, 15) is 9.18 Å². The molecule has 0 spiro atoms. The van der Waals surface area contributed by atoms with Gasteiger partial charge in [0.1, 0.15) is 5.82 Å². The van der Waals surface area contributed by atoms with Crippen molar-refractivity contribution in [2.75, 3.05) is 26.0 Å². The summed E-state index contributed by atoms with van der Waals surface area (Å²) in [6, 6.07) is 4.65. The molecule has 4 heteroatoms. The van der Waals surface area contributed by atoms with Crippen LogP contribution in [0.3, 0.4) is 0 Å². The Morgan fingerprint density at radius 3 is 2.81 bits per heavy atom. The Morgan fingerprint density at radius 1 is 1.38 bits per heavy atom. The maximum atomic E-state index is 13.8. The summed E-state index contributed by atoms with van der Waals surface area (Å²) in [6.07, 6.45) is 5.28. The Hall–Kier alpha value is -1.58. The molecule has 2 bridgehead atoms. The average Bonchev–Trinajstić information content (AvgIpc) is 3.08. The van der Waals surface area contributed by atoms with E-state index in [4.69, 9.17) is 0 Å². The molecule has 2 fully saturated rings. The summed E-state index contributed by atoms with van der Waals surface area (Å²) in [5.74, 6) is 1.83. The van der Waals surface area contributed by atoms with E-state index >= 15 is 0 Å². The van der Waals surface area contributed by atoms with Gasteiger partial charge < -0.3 is 10.2 Å².